The molecule has 0 heterocycles. The number of nitrogens with zero attached hydrogens (tertiary/aromatic N) is 1. The first-order valence-corrected chi connectivity index (χ1v) is 8.62. The van der Waals surface area contributed by atoms with Crippen molar-refractivity contribution in [1.82, 2.24) is 10.2 Å². The van der Waals surface area contributed by atoms with E-state index < -0.39 is 0 Å². The molecule has 0 amide bonds. The van der Waals surface area contributed by atoms with E-state index in [0.717, 1.165) is 25.2 Å². The molecule has 2 nitrogen and oxygen atoms in total. The second kappa shape index (κ2) is 7.95. The van der Waals surface area contributed by atoms with Crippen LogP contribution in [0.3, 0.4) is 0 Å². The molecule has 1 aromatic rings. The molecule has 1 saturated carbocycles. The number of nitrogens with one attached hydrogen (secondary N) is 1. The predicted molar refractivity (Wildman–Crippen MR) is 91.7 cm³/mol. The fraction of sp³-hybridized carbons (Fsp3) is 0.684. The van der Waals surface area contributed by atoms with Crippen molar-refractivity contribution in [3.8, 4) is 0 Å². The van der Waals surface area contributed by atoms with Crippen LogP contribution in [0.25, 0.3) is 0 Å². The molecule has 0 radical (unpaired) electrons. The molecule has 0 aliphatic heterocycles. The Kier molecular flexibility index (Phi) is 6.25. The lowest BCUT2D eigenvalue weighted by atomic mass is 9.90. The van der Waals surface area contributed by atoms with Crippen LogP contribution < -0.4 is 5.32 Å². The Morgan fingerprint density at radius 2 is 1.71 bits per heavy atom. The van der Waals surface area contributed by atoms with Gasteiger partial charge in [-0.05, 0) is 56.3 Å². The highest BCUT2D eigenvalue weighted by Crippen LogP contribution is 2.24. The molecule has 0 bridgehead atoms. The Hall–Kier alpha value is -0.860. The van der Waals surface area contributed by atoms with Crippen molar-refractivity contribution >= 4 is 0 Å². The molecule has 0 aromatic heterocycles. The maximum Gasteiger partial charge on any atom is 0.0233 e. The van der Waals surface area contributed by atoms with E-state index in [-0.39, 0.29) is 0 Å². The van der Waals surface area contributed by atoms with Crippen LogP contribution in [0.1, 0.15) is 63.5 Å². The van der Waals surface area contributed by atoms with E-state index in [1.54, 1.807) is 0 Å². The first kappa shape index (κ1) is 16.5. The summed E-state index contributed by atoms with van der Waals surface area (Å²) in [7, 11) is 2.29. The molecule has 1 aliphatic rings. The third kappa shape index (κ3) is 4.82. The van der Waals surface area contributed by atoms with Crippen LogP contribution in [0.2, 0.25) is 0 Å². The number of benzene rings is 1. The largest absolute Gasteiger partial charge is 0.314 e. The predicted octanol–water partition coefficient (Wildman–Crippen LogP) is 4.16. The van der Waals surface area contributed by atoms with Crippen LogP contribution in [0, 0.1) is 0 Å². The van der Waals surface area contributed by atoms with Gasteiger partial charge in [-0.2, -0.15) is 0 Å². The number of hydrogen-bond acceptors (Lipinski definition) is 2. The van der Waals surface area contributed by atoms with Gasteiger partial charge in [0, 0.05) is 18.6 Å². The van der Waals surface area contributed by atoms with E-state index in [4.69, 9.17) is 0 Å². The molecule has 2 heteroatoms. The zero-order chi connectivity index (χ0) is 15.2. The van der Waals surface area contributed by atoms with E-state index in [2.05, 4.69) is 62.3 Å². The Labute approximate surface area is 130 Å². The van der Waals surface area contributed by atoms with Crippen LogP contribution in [0.15, 0.2) is 24.3 Å². The van der Waals surface area contributed by atoms with Gasteiger partial charge in [-0.3, -0.25) is 4.90 Å². The fourth-order valence-corrected chi connectivity index (χ4v) is 3.43. The molecule has 0 saturated heterocycles. The van der Waals surface area contributed by atoms with Gasteiger partial charge < -0.3 is 5.32 Å². The standard InChI is InChI=1S/C19H32N2/c1-5-20-18-10-12-19(13-11-18)21(4)14-16-6-8-17(9-7-16)15(2)3/h6-9,15,18-20H,5,10-14H2,1-4H3. The van der Waals surface area contributed by atoms with Crippen LogP contribution in [0.5, 0.6) is 0 Å². The summed E-state index contributed by atoms with van der Waals surface area (Å²) in [6.07, 6.45) is 5.32. The van der Waals surface area contributed by atoms with Crippen molar-refractivity contribution in [2.24, 2.45) is 0 Å². The smallest absolute Gasteiger partial charge is 0.0233 e. The minimum atomic E-state index is 0.623. The lowest BCUT2D eigenvalue weighted by Gasteiger charge is -2.35. The lowest BCUT2D eigenvalue weighted by molar-refractivity contribution is 0.168. The van der Waals surface area contributed by atoms with Gasteiger partial charge in [0.1, 0.15) is 0 Å². The van der Waals surface area contributed by atoms with Crippen molar-refractivity contribution in [2.45, 2.75) is 71.0 Å². The van der Waals surface area contributed by atoms with Gasteiger partial charge >= 0.3 is 0 Å². The Morgan fingerprint density at radius 1 is 1.10 bits per heavy atom. The molecule has 1 fully saturated rings. The Bertz CT molecular complexity index is 402. The molecule has 2 rings (SSSR count). The minimum absolute atomic E-state index is 0.623. The summed E-state index contributed by atoms with van der Waals surface area (Å²) in [5, 5.41) is 3.59. The summed E-state index contributed by atoms with van der Waals surface area (Å²) in [6, 6.07) is 10.7. The minimum Gasteiger partial charge on any atom is -0.314 e. The third-order valence-corrected chi connectivity index (χ3v) is 4.89. The zero-order valence-electron chi connectivity index (χ0n) is 14.2. The molecule has 0 unspecified atom stereocenters. The summed E-state index contributed by atoms with van der Waals surface area (Å²) in [5.41, 5.74) is 2.88. The van der Waals surface area contributed by atoms with E-state index in [1.165, 1.54) is 36.8 Å². The highest BCUT2D eigenvalue weighted by Gasteiger charge is 2.23. The molecule has 118 valence electrons. The van der Waals surface area contributed by atoms with Crippen LogP contribution in [-0.4, -0.2) is 30.6 Å². The molecule has 0 atom stereocenters. The first-order chi connectivity index (χ1) is 10.1. The van der Waals surface area contributed by atoms with Crippen molar-refractivity contribution < 1.29 is 0 Å². The maximum atomic E-state index is 3.59. The number of rotatable bonds is 6. The monoisotopic (exact) mass is 288 g/mol. The molecular weight excluding hydrogens is 256 g/mol. The highest BCUT2D eigenvalue weighted by molar-refractivity contribution is 5.24. The Morgan fingerprint density at radius 3 is 2.24 bits per heavy atom. The zero-order valence-corrected chi connectivity index (χ0v) is 14.2. The van der Waals surface area contributed by atoms with E-state index in [0.29, 0.717) is 5.92 Å². The normalized spacial score (nSPS) is 23.0. The van der Waals surface area contributed by atoms with Gasteiger partial charge in [0.05, 0.1) is 0 Å². The van der Waals surface area contributed by atoms with Gasteiger partial charge in [0.2, 0.25) is 0 Å². The second-order valence-corrected chi connectivity index (χ2v) is 6.87. The van der Waals surface area contributed by atoms with Crippen molar-refractivity contribution in [2.75, 3.05) is 13.6 Å². The second-order valence-electron chi connectivity index (χ2n) is 6.87. The Balaban J connectivity index is 1.83. The maximum absolute atomic E-state index is 3.59. The summed E-state index contributed by atoms with van der Waals surface area (Å²) >= 11 is 0. The topological polar surface area (TPSA) is 15.3 Å². The lowest BCUT2D eigenvalue weighted by Crippen LogP contribution is -2.40. The van der Waals surface area contributed by atoms with Gasteiger partial charge in [-0.25, -0.2) is 0 Å². The van der Waals surface area contributed by atoms with Gasteiger partial charge in [-0.15, -0.1) is 0 Å². The molecule has 1 aliphatic carbocycles. The summed E-state index contributed by atoms with van der Waals surface area (Å²) in [4.78, 5) is 2.55. The van der Waals surface area contributed by atoms with Gasteiger partial charge in [-0.1, -0.05) is 45.0 Å². The number of hydrogen-bond donors (Lipinski definition) is 1. The van der Waals surface area contributed by atoms with Crippen LogP contribution in [0.4, 0.5) is 0 Å². The fourth-order valence-electron chi connectivity index (χ4n) is 3.43. The SMILES string of the molecule is CCNC1CCC(N(C)Cc2ccc(C(C)C)cc2)CC1. The third-order valence-electron chi connectivity index (χ3n) is 4.89. The van der Waals surface area contributed by atoms with E-state index in [1.807, 2.05) is 0 Å². The average molecular weight is 288 g/mol. The summed E-state index contributed by atoms with van der Waals surface area (Å²) < 4.78 is 0. The molecule has 0 spiro atoms. The molecular formula is C19H32N2. The van der Waals surface area contributed by atoms with Crippen LogP contribution >= 0.6 is 0 Å². The van der Waals surface area contributed by atoms with E-state index >= 15 is 0 Å². The van der Waals surface area contributed by atoms with Gasteiger partial charge in [0.25, 0.3) is 0 Å². The van der Waals surface area contributed by atoms with Crippen LogP contribution in [-0.2, 0) is 6.54 Å². The highest BCUT2D eigenvalue weighted by atomic mass is 15.1. The first-order valence-electron chi connectivity index (χ1n) is 8.62. The van der Waals surface area contributed by atoms with Crippen molar-refractivity contribution in [3.63, 3.8) is 0 Å². The van der Waals surface area contributed by atoms with Crippen molar-refractivity contribution in [1.29, 1.82) is 0 Å². The van der Waals surface area contributed by atoms with E-state index in [9.17, 15) is 0 Å². The summed E-state index contributed by atoms with van der Waals surface area (Å²) in [6.45, 7) is 8.90. The summed E-state index contributed by atoms with van der Waals surface area (Å²) in [5.74, 6) is 0.623. The quantitative estimate of drug-likeness (QED) is 0.845. The average Bonchev–Trinajstić information content (AvgIpc) is 2.49. The molecule has 21 heavy (non-hydrogen) atoms. The molecule has 1 aromatic carbocycles. The molecule has 1 N–H and O–H groups in total. The van der Waals surface area contributed by atoms with Crippen molar-refractivity contribution in [3.05, 3.63) is 35.4 Å². The van der Waals surface area contributed by atoms with Gasteiger partial charge in [0.15, 0.2) is 0 Å².